The summed E-state index contributed by atoms with van der Waals surface area (Å²) in [6, 6.07) is 6.12. The molecule has 4 rings (SSSR count). The summed E-state index contributed by atoms with van der Waals surface area (Å²) in [6.45, 7) is 6.03. The van der Waals surface area contributed by atoms with E-state index in [2.05, 4.69) is 21.9 Å². The van der Waals surface area contributed by atoms with Gasteiger partial charge in [0.2, 0.25) is 5.91 Å². The van der Waals surface area contributed by atoms with E-state index in [4.69, 9.17) is 9.47 Å². The standard InChI is InChI=1S/C23H34N2O3/c26-23(20-7-3-1-2-4-8-20)25(14-13-24-11-5-6-12-24)18-19-9-10-21-22(17-19)28-16-15-27-21/h9-10,17,20H,1-8,11-16,18H2. The second-order valence-electron chi connectivity index (χ2n) is 8.48. The Kier molecular flexibility index (Phi) is 6.73. The Morgan fingerprint density at radius 2 is 1.68 bits per heavy atom. The van der Waals surface area contributed by atoms with Crippen molar-refractivity contribution in [1.29, 1.82) is 0 Å². The number of amides is 1. The van der Waals surface area contributed by atoms with E-state index in [1.165, 1.54) is 51.6 Å². The number of hydrogen-bond acceptors (Lipinski definition) is 4. The fourth-order valence-corrected chi connectivity index (χ4v) is 4.73. The maximum atomic E-state index is 13.4. The van der Waals surface area contributed by atoms with Crippen molar-refractivity contribution >= 4 is 5.91 Å². The van der Waals surface area contributed by atoms with E-state index < -0.39 is 0 Å². The molecule has 0 spiro atoms. The van der Waals surface area contributed by atoms with Gasteiger partial charge in [-0.05, 0) is 56.5 Å². The molecule has 2 heterocycles. The lowest BCUT2D eigenvalue weighted by Gasteiger charge is -2.29. The molecule has 5 nitrogen and oxygen atoms in total. The van der Waals surface area contributed by atoms with Crippen molar-refractivity contribution < 1.29 is 14.3 Å². The quantitative estimate of drug-likeness (QED) is 0.697. The number of rotatable bonds is 6. The van der Waals surface area contributed by atoms with Crippen LogP contribution in [-0.2, 0) is 11.3 Å². The Hall–Kier alpha value is -1.75. The van der Waals surface area contributed by atoms with Crippen molar-refractivity contribution in [2.45, 2.75) is 57.9 Å². The smallest absolute Gasteiger partial charge is 0.226 e. The number of fused-ring (bicyclic) bond motifs is 1. The highest BCUT2D eigenvalue weighted by Gasteiger charge is 2.26. The number of likely N-dealkylation sites (tertiary alicyclic amines) is 1. The highest BCUT2D eigenvalue weighted by molar-refractivity contribution is 5.79. The molecule has 5 heteroatoms. The molecular formula is C23H34N2O3. The van der Waals surface area contributed by atoms with Gasteiger partial charge in [0.15, 0.2) is 11.5 Å². The lowest BCUT2D eigenvalue weighted by molar-refractivity contribution is -0.136. The molecule has 3 aliphatic rings. The molecule has 1 saturated carbocycles. The Bertz CT molecular complexity index is 649. The number of carbonyl (C=O) groups excluding carboxylic acids is 1. The molecule has 2 aliphatic heterocycles. The SMILES string of the molecule is O=C(C1CCCCCC1)N(CCN1CCCC1)Cc1ccc2c(c1)OCCO2. The van der Waals surface area contributed by atoms with Crippen LogP contribution in [-0.4, -0.2) is 55.1 Å². The second-order valence-corrected chi connectivity index (χ2v) is 8.48. The zero-order valence-corrected chi connectivity index (χ0v) is 17.0. The van der Waals surface area contributed by atoms with Crippen LogP contribution in [0.1, 0.15) is 56.9 Å². The van der Waals surface area contributed by atoms with Gasteiger partial charge in [-0.3, -0.25) is 4.79 Å². The minimum atomic E-state index is 0.207. The van der Waals surface area contributed by atoms with Gasteiger partial charge in [-0.25, -0.2) is 0 Å². The Morgan fingerprint density at radius 3 is 2.43 bits per heavy atom. The predicted molar refractivity (Wildman–Crippen MR) is 110 cm³/mol. The fourth-order valence-electron chi connectivity index (χ4n) is 4.73. The zero-order chi connectivity index (χ0) is 19.2. The summed E-state index contributed by atoms with van der Waals surface area (Å²) in [4.78, 5) is 18.0. The molecule has 1 amide bonds. The predicted octanol–water partition coefficient (Wildman–Crippen LogP) is 3.85. The molecule has 1 aliphatic carbocycles. The van der Waals surface area contributed by atoms with Crippen LogP contribution >= 0.6 is 0 Å². The molecule has 28 heavy (non-hydrogen) atoms. The monoisotopic (exact) mass is 386 g/mol. The van der Waals surface area contributed by atoms with Gasteiger partial charge in [0, 0.05) is 25.6 Å². The van der Waals surface area contributed by atoms with Crippen molar-refractivity contribution in [3.8, 4) is 11.5 Å². The summed E-state index contributed by atoms with van der Waals surface area (Å²) in [7, 11) is 0. The molecule has 0 unspecified atom stereocenters. The first-order valence-corrected chi connectivity index (χ1v) is 11.2. The van der Waals surface area contributed by atoms with Crippen LogP contribution in [0.15, 0.2) is 18.2 Å². The van der Waals surface area contributed by atoms with Gasteiger partial charge in [0.25, 0.3) is 0 Å². The van der Waals surface area contributed by atoms with Crippen LogP contribution in [0.4, 0.5) is 0 Å². The first kappa shape index (κ1) is 19.6. The summed E-state index contributed by atoms with van der Waals surface area (Å²) < 4.78 is 11.4. The van der Waals surface area contributed by atoms with Crippen LogP contribution in [0.5, 0.6) is 11.5 Å². The van der Waals surface area contributed by atoms with E-state index in [-0.39, 0.29) is 5.92 Å². The third-order valence-electron chi connectivity index (χ3n) is 6.38. The molecule has 1 aromatic carbocycles. The van der Waals surface area contributed by atoms with Gasteiger partial charge in [0.05, 0.1) is 0 Å². The molecule has 154 valence electrons. The van der Waals surface area contributed by atoms with E-state index >= 15 is 0 Å². The largest absolute Gasteiger partial charge is 0.486 e. The van der Waals surface area contributed by atoms with Crippen molar-refractivity contribution in [3.05, 3.63) is 23.8 Å². The van der Waals surface area contributed by atoms with E-state index in [0.717, 1.165) is 43.0 Å². The zero-order valence-electron chi connectivity index (χ0n) is 17.0. The maximum Gasteiger partial charge on any atom is 0.226 e. The van der Waals surface area contributed by atoms with Gasteiger partial charge in [-0.1, -0.05) is 31.7 Å². The summed E-state index contributed by atoms with van der Waals surface area (Å²) in [5.74, 6) is 2.19. The van der Waals surface area contributed by atoms with E-state index in [9.17, 15) is 4.79 Å². The fraction of sp³-hybridized carbons (Fsp3) is 0.696. The van der Waals surface area contributed by atoms with Gasteiger partial charge < -0.3 is 19.3 Å². The maximum absolute atomic E-state index is 13.4. The van der Waals surface area contributed by atoms with Crippen LogP contribution in [0.2, 0.25) is 0 Å². The third kappa shape index (κ3) is 4.99. The normalized spacial score (nSPS) is 20.7. The van der Waals surface area contributed by atoms with Gasteiger partial charge in [-0.15, -0.1) is 0 Å². The lowest BCUT2D eigenvalue weighted by Crippen LogP contribution is -2.40. The van der Waals surface area contributed by atoms with Crippen molar-refractivity contribution in [2.24, 2.45) is 5.92 Å². The lowest BCUT2D eigenvalue weighted by atomic mass is 9.98. The van der Waals surface area contributed by atoms with E-state index in [0.29, 0.717) is 25.7 Å². The minimum absolute atomic E-state index is 0.207. The Morgan fingerprint density at radius 1 is 0.964 bits per heavy atom. The molecule has 0 bridgehead atoms. The van der Waals surface area contributed by atoms with Crippen LogP contribution in [0, 0.1) is 5.92 Å². The highest BCUT2D eigenvalue weighted by Crippen LogP contribution is 2.32. The van der Waals surface area contributed by atoms with Gasteiger partial charge >= 0.3 is 0 Å². The number of carbonyl (C=O) groups is 1. The Balaban J connectivity index is 1.45. The molecule has 0 aromatic heterocycles. The molecule has 1 saturated heterocycles. The number of nitrogens with zero attached hydrogens (tertiary/aromatic N) is 2. The summed E-state index contributed by atoms with van der Waals surface area (Å²) >= 11 is 0. The van der Waals surface area contributed by atoms with Crippen molar-refractivity contribution in [1.82, 2.24) is 9.80 Å². The van der Waals surface area contributed by atoms with Gasteiger partial charge in [-0.2, -0.15) is 0 Å². The Labute approximate surface area is 169 Å². The molecule has 2 fully saturated rings. The van der Waals surface area contributed by atoms with Crippen LogP contribution in [0.3, 0.4) is 0 Å². The third-order valence-corrected chi connectivity index (χ3v) is 6.38. The molecule has 0 N–H and O–H groups in total. The molecule has 0 atom stereocenters. The molecule has 0 radical (unpaired) electrons. The average molecular weight is 387 g/mol. The van der Waals surface area contributed by atoms with Crippen LogP contribution < -0.4 is 9.47 Å². The van der Waals surface area contributed by atoms with E-state index in [1.54, 1.807) is 0 Å². The summed E-state index contributed by atoms with van der Waals surface area (Å²) in [5.41, 5.74) is 1.13. The molecular weight excluding hydrogens is 352 g/mol. The van der Waals surface area contributed by atoms with Gasteiger partial charge in [0.1, 0.15) is 13.2 Å². The topological polar surface area (TPSA) is 42.0 Å². The second kappa shape index (κ2) is 9.64. The average Bonchev–Trinajstić information content (AvgIpc) is 3.10. The first-order valence-electron chi connectivity index (χ1n) is 11.2. The first-order chi connectivity index (χ1) is 13.8. The number of ether oxygens (including phenoxy) is 2. The van der Waals surface area contributed by atoms with E-state index in [1.807, 2.05) is 6.07 Å². The summed E-state index contributed by atoms with van der Waals surface area (Å²) in [5, 5.41) is 0. The van der Waals surface area contributed by atoms with Crippen molar-refractivity contribution in [3.63, 3.8) is 0 Å². The highest BCUT2D eigenvalue weighted by atomic mass is 16.6. The number of hydrogen-bond donors (Lipinski definition) is 0. The summed E-state index contributed by atoms with van der Waals surface area (Å²) in [6.07, 6.45) is 9.64. The minimum Gasteiger partial charge on any atom is -0.486 e. The van der Waals surface area contributed by atoms with Crippen LogP contribution in [0.25, 0.3) is 0 Å². The van der Waals surface area contributed by atoms with Crippen molar-refractivity contribution in [2.75, 3.05) is 39.4 Å². The molecule has 1 aromatic rings. The number of benzene rings is 1.